The van der Waals surface area contributed by atoms with Crippen LogP contribution in [0.5, 0.6) is 0 Å². The molecule has 122 valence electrons. The van der Waals surface area contributed by atoms with E-state index in [4.69, 9.17) is 4.42 Å². The maximum atomic E-state index is 12.6. The molecule has 6 nitrogen and oxygen atoms in total. The summed E-state index contributed by atoms with van der Waals surface area (Å²) in [5.74, 6) is 2.43. The van der Waals surface area contributed by atoms with Crippen LogP contribution in [0.1, 0.15) is 33.3 Å². The van der Waals surface area contributed by atoms with E-state index in [1.807, 2.05) is 38.7 Å². The van der Waals surface area contributed by atoms with Gasteiger partial charge in [0.1, 0.15) is 17.3 Å². The minimum absolute atomic E-state index is 0.0473. The summed E-state index contributed by atoms with van der Waals surface area (Å²) in [7, 11) is 0. The Balaban J connectivity index is 1.70. The SMILES string of the molecule is Cc1cnc(C)c(N2CCN(C(=O)c3cc(C)oc3C)CC2)n1. The highest BCUT2D eigenvalue weighted by Gasteiger charge is 2.26. The van der Waals surface area contributed by atoms with Gasteiger partial charge in [0.15, 0.2) is 0 Å². The van der Waals surface area contributed by atoms with Gasteiger partial charge in [0.25, 0.3) is 5.91 Å². The number of piperazine rings is 1. The number of rotatable bonds is 2. The standard InChI is InChI=1S/C17H22N4O2/c1-11-10-18-13(3)16(19-11)20-5-7-21(8-6-20)17(22)15-9-12(2)23-14(15)4/h9-10H,5-8H2,1-4H3. The summed E-state index contributed by atoms with van der Waals surface area (Å²) in [5, 5.41) is 0. The fourth-order valence-corrected chi connectivity index (χ4v) is 2.96. The molecule has 1 aliphatic heterocycles. The number of nitrogens with zero attached hydrogens (tertiary/aromatic N) is 4. The van der Waals surface area contributed by atoms with E-state index in [1.165, 1.54) is 0 Å². The summed E-state index contributed by atoms with van der Waals surface area (Å²) in [6.45, 7) is 10.5. The number of aryl methyl sites for hydroxylation is 4. The Morgan fingerprint density at radius 1 is 1.13 bits per heavy atom. The van der Waals surface area contributed by atoms with E-state index in [0.717, 1.165) is 36.1 Å². The van der Waals surface area contributed by atoms with Gasteiger partial charge >= 0.3 is 0 Å². The maximum Gasteiger partial charge on any atom is 0.257 e. The number of furan rings is 1. The first kappa shape index (κ1) is 15.5. The minimum atomic E-state index is 0.0473. The average Bonchev–Trinajstić information content (AvgIpc) is 2.88. The van der Waals surface area contributed by atoms with Crippen molar-refractivity contribution in [3.8, 4) is 0 Å². The molecule has 1 saturated heterocycles. The zero-order valence-electron chi connectivity index (χ0n) is 14.1. The monoisotopic (exact) mass is 314 g/mol. The molecule has 0 unspecified atom stereocenters. The second-order valence-electron chi connectivity index (χ2n) is 6.03. The van der Waals surface area contributed by atoms with Crippen LogP contribution < -0.4 is 4.90 Å². The zero-order chi connectivity index (χ0) is 16.6. The number of hydrogen-bond donors (Lipinski definition) is 0. The van der Waals surface area contributed by atoms with Crippen molar-refractivity contribution in [3.05, 3.63) is 40.7 Å². The van der Waals surface area contributed by atoms with Gasteiger partial charge in [-0.25, -0.2) is 4.98 Å². The summed E-state index contributed by atoms with van der Waals surface area (Å²) >= 11 is 0. The summed E-state index contributed by atoms with van der Waals surface area (Å²) in [6, 6.07) is 1.82. The van der Waals surface area contributed by atoms with Crippen molar-refractivity contribution in [2.45, 2.75) is 27.7 Å². The van der Waals surface area contributed by atoms with Gasteiger partial charge in [0, 0.05) is 32.4 Å². The number of carbonyl (C=O) groups is 1. The molecule has 2 aromatic heterocycles. The van der Waals surface area contributed by atoms with E-state index in [-0.39, 0.29) is 5.91 Å². The Labute approximate surface area is 136 Å². The molecule has 0 spiro atoms. The Morgan fingerprint density at radius 2 is 1.83 bits per heavy atom. The number of hydrogen-bond acceptors (Lipinski definition) is 5. The molecular weight excluding hydrogens is 292 g/mol. The fourth-order valence-electron chi connectivity index (χ4n) is 2.96. The number of amides is 1. The number of carbonyl (C=O) groups excluding carboxylic acids is 1. The van der Waals surface area contributed by atoms with Gasteiger partial charge in [-0.2, -0.15) is 0 Å². The topological polar surface area (TPSA) is 62.5 Å². The summed E-state index contributed by atoms with van der Waals surface area (Å²) < 4.78 is 5.47. The molecule has 3 rings (SSSR count). The molecule has 1 fully saturated rings. The molecule has 1 aliphatic rings. The Bertz CT molecular complexity index is 730. The zero-order valence-corrected chi connectivity index (χ0v) is 14.1. The van der Waals surface area contributed by atoms with Crippen molar-refractivity contribution in [3.63, 3.8) is 0 Å². The lowest BCUT2D eigenvalue weighted by molar-refractivity contribution is 0.0744. The van der Waals surface area contributed by atoms with Crippen LogP contribution in [-0.2, 0) is 0 Å². The molecule has 0 radical (unpaired) electrons. The second kappa shape index (κ2) is 6.02. The molecule has 0 bridgehead atoms. The average molecular weight is 314 g/mol. The largest absolute Gasteiger partial charge is 0.466 e. The predicted molar refractivity (Wildman–Crippen MR) is 87.8 cm³/mol. The molecule has 2 aromatic rings. The van der Waals surface area contributed by atoms with Crippen LogP contribution in [0.2, 0.25) is 0 Å². The third-order valence-corrected chi connectivity index (χ3v) is 4.19. The van der Waals surface area contributed by atoms with E-state index in [2.05, 4.69) is 14.9 Å². The van der Waals surface area contributed by atoms with Gasteiger partial charge in [-0.05, 0) is 33.8 Å². The van der Waals surface area contributed by atoms with Crippen molar-refractivity contribution in [2.75, 3.05) is 31.1 Å². The quantitative estimate of drug-likeness (QED) is 0.851. The molecule has 23 heavy (non-hydrogen) atoms. The van der Waals surface area contributed by atoms with Crippen molar-refractivity contribution in [1.82, 2.24) is 14.9 Å². The Morgan fingerprint density at radius 3 is 2.43 bits per heavy atom. The van der Waals surface area contributed by atoms with Gasteiger partial charge < -0.3 is 14.2 Å². The van der Waals surface area contributed by atoms with Crippen LogP contribution in [-0.4, -0.2) is 47.0 Å². The van der Waals surface area contributed by atoms with Gasteiger partial charge in [-0.3, -0.25) is 9.78 Å². The molecule has 0 saturated carbocycles. The van der Waals surface area contributed by atoms with Crippen LogP contribution in [0.25, 0.3) is 0 Å². The van der Waals surface area contributed by atoms with Crippen molar-refractivity contribution >= 4 is 11.7 Å². The lowest BCUT2D eigenvalue weighted by Gasteiger charge is -2.35. The first-order chi connectivity index (χ1) is 11.0. The number of aromatic nitrogens is 2. The molecule has 1 amide bonds. The highest BCUT2D eigenvalue weighted by Crippen LogP contribution is 2.20. The highest BCUT2D eigenvalue weighted by molar-refractivity contribution is 5.95. The van der Waals surface area contributed by atoms with Crippen molar-refractivity contribution < 1.29 is 9.21 Å². The molecule has 3 heterocycles. The molecule has 6 heteroatoms. The van der Waals surface area contributed by atoms with E-state index in [1.54, 1.807) is 6.20 Å². The van der Waals surface area contributed by atoms with Crippen LogP contribution in [0.3, 0.4) is 0 Å². The summed E-state index contributed by atoms with van der Waals surface area (Å²) in [4.78, 5) is 25.7. The first-order valence-electron chi connectivity index (χ1n) is 7.87. The van der Waals surface area contributed by atoms with Crippen LogP contribution in [0, 0.1) is 27.7 Å². The molecule has 0 aliphatic carbocycles. The molecule has 0 aromatic carbocycles. The Hall–Kier alpha value is -2.37. The summed E-state index contributed by atoms with van der Waals surface area (Å²) in [6.07, 6.45) is 1.78. The lowest BCUT2D eigenvalue weighted by atomic mass is 10.2. The van der Waals surface area contributed by atoms with Gasteiger partial charge in [-0.15, -0.1) is 0 Å². The van der Waals surface area contributed by atoms with Gasteiger partial charge in [-0.1, -0.05) is 0 Å². The van der Waals surface area contributed by atoms with Crippen LogP contribution in [0.15, 0.2) is 16.7 Å². The maximum absolute atomic E-state index is 12.6. The number of anilines is 1. The van der Waals surface area contributed by atoms with Crippen molar-refractivity contribution in [1.29, 1.82) is 0 Å². The molecular formula is C17H22N4O2. The van der Waals surface area contributed by atoms with Gasteiger partial charge in [0.2, 0.25) is 0 Å². The van der Waals surface area contributed by atoms with E-state index in [9.17, 15) is 4.79 Å². The molecule has 0 N–H and O–H groups in total. The van der Waals surface area contributed by atoms with Crippen molar-refractivity contribution in [2.24, 2.45) is 0 Å². The Kier molecular flexibility index (Phi) is 4.07. The highest BCUT2D eigenvalue weighted by atomic mass is 16.3. The van der Waals surface area contributed by atoms with E-state index in [0.29, 0.717) is 24.4 Å². The van der Waals surface area contributed by atoms with Crippen LogP contribution in [0.4, 0.5) is 5.82 Å². The third-order valence-electron chi connectivity index (χ3n) is 4.19. The van der Waals surface area contributed by atoms with Gasteiger partial charge in [0.05, 0.1) is 17.0 Å². The minimum Gasteiger partial charge on any atom is -0.466 e. The second-order valence-corrected chi connectivity index (χ2v) is 6.03. The summed E-state index contributed by atoms with van der Waals surface area (Å²) in [5.41, 5.74) is 2.51. The third kappa shape index (κ3) is 3.06. The van der Waals surface area contributed by atoms with Crippen LogP contribution >= 0.6 is 0 Å². The van der Waals surface area contributed by atoms with E-state index < -0.39 is 0 Å². The molecule has 0 atom stereocenters. The first-order valence-corrected chi connectivity index (χ1v) is 7.87. The van der Waals surface area contributed by atoms with E-state index >= 15 is 0 Å². The lowest BCUT2D eigenvalue weighted by Crippen LogP contribution is -2.49. The fraction of sp³-hybridized carbons (Fsp3) is 0.471. The smallest absolute Gasteiger partial charge is 0.257 e. The normalized spacial score (nSPS) is 15.1. The predicted octanol–water partition coefficient (Wildman–Crippen LogP) is 2.27.